The summed E-state index contributed by atoms with van der Waals surface area (Å²) in [5.74, 6) is -0.890. The summed E-state index contributed by atoms with van der Waals surface area (Å²) in [7, 11) is 0. The quantitative estimate of drug-likeness (QED) is 0.817. The Kier molecular flexibility index (Phi) is 3.98. The summed E-state index contributed by atoms with van der Waals surface area (Å²) in [5, 5.41) is 12.0. The Balaban J connectivity index is 1.86. The molecule has 0 aromatic rings. The first kappa shape index (κ1) is 15.1. The molecule has 0 aliphatic heterocycles. The molecular weight excluding hydrogens is 258 g/mol. The van der Waals surface area contributed by atoms with Crippen molar-refractivity contribution < 1.29 is 19.4 Å². The molecule has 5 nitrogen and oxygen atoms in total. The predicted octanol–water partition coefficient (Wildman–Crippen LogP) is 2.93. The van der Waals surface area contributed by atoms with Gasteiger partial charge in [0.1, 0.15) is 5.60 Å². The van der Waals surface area contributed by atoms with Gasteiger partial charge in [-0.3, -0.25) is 4.79 Å². The molecule has 1 amide bonds. The second kappa shape index (κ2) is 5.26. The minimum atomic E-state index is -0.684. The predicted molar refractivity (Wildman–Crippen MR) is 74.4 cm³/mol. The molecule has 0 radical (unpaired) electrons. The van der Waals surface area contributed by atoms with Crippen LogP contribution in [0.25, 0.3) is 0 Å². The molecule has 2 fully saturated rings. The number of carbonyl (C=O) groups excluding carboxylic acids is 1. The molecule has 0 aromatic heterocycles. The fourth-order valence-electron chi connectivity index (χ4n) is 3.41. The molecule has 0 saturated heterocycles. The van der Waals surface area contributed by atoms with E-state index >= 15 is 0 Å². The van der Waals surface area contributed by atoms with Crippen LogP contribution in [0.3, 0.4) is 0 Å². The smallest absolute Gasteiger partial charge is 0.407 e. The van der Waals surface area contributed by atoms with E-state index in [0.29, 0.717) is 0 Å². The van der Waals surface area contributed by atoms with Gasteiger partial charge in [-0.15, -0.1) is 0 Å². The van der Waals surface area contributed by atoms with Crippen LogP contribution in [-0.2, 0) is 9.53 Å². The van der Waals surface area contributed by atoms with Gasteiger partial charge in [0.15, 0.2) is 0 Å². The highest BCUT2D eigenvalue weighted by Gasteiger charge is 2.50. The summed E-state index contributed by atoms with van der Waals surface area (Å²) in [6, 6.07) is 0.145. The van der Waals surface area contributed by atoms with Crippen molar-refractivity contribution in [3.63, 3.8) is 0 Å². The molecule has 0 aromatic carbocycles. The lowest BCUT2D eigenvalue weighted by molar-refractivity contribution is -0.144. The zero-order valence-electron chi connectivity index (χ0n) is 12.6. The molecule has 0 bridgehead atoms. The molecule has 1 spiro atoms. The van der Waals surface area contributed by atoms with Crippen LogP contribution in [0.2, 0.25) is 0 Å². The van der Waals surface area contributed by atoms with Crippen molar-refractivity contribution >= 4 is 12.1 Å². The van der Waals surface area contributed by atoms with Crippen LogP contribution in [0, 0.1) is 11.3 Å². The van der Waals surface area contributed by atoms with Gasteiger partial charge in [0.2, 0.25) is 0 Å². The minimum Gasteiger partial charge on any atom is -0.481 e. The summed E-state index contributed by atoms with van der Waals surface area (Å²) in [5.41, 5.74) is -0.370. The van der Waals surface area contributed by atoms with Crippen molar-refractivity contribution in [3.8, 4) is 0 Å². The van der Waals surface area contributed by atoms with E-state index in [1.54, 1.807) is 0 Å². The molecule has 114 valence electrons. The molecule has 5 heteroatoms. The van der Waals surface area contributed by atoms with E-state index in [-0.39, 0.29) is 23.5 Å². The standard InChI is InChI=1S/C15H25NO4/c1-14(2,3)20-13(19)16-11-6-9-15(11)7-4-10(5-8-15)12(17)18/h10-11H,4-9H2,1-3H3,(H,16,19)(H,17,18). The van der Waals surface area contributed by atoms with Gasteiger partial charge in [0.05, 0.1) is 5.92 Å². The molecule has 2 saturated carbocycles. The van der Waals surface area contributed by atoms with Crippen molar-refractivity contribution in [1.29, 1.82) is 0 Å². The number of aliphatic carboxylic acids is 1. The molecule has 1 unspecified atom stereocenters. The fraction of sp³-hybridized carbons (Fsp3) is 0.867. The Labute approximate surface area is 120 Å². The number of carboxylic acid groups (broad SMARTS) is 1. The van der Waals surface area contributed by atoms with Crippen LogP contribution < -0.4 is 5.32 Å². The minimum absolute atomic E-state index is 0.114. The van der Waals surface area contributed by atoms with E-state index in [4.69, 9.17) is 9.84 Å². The molecule has 20 heavy (non-hydrogen) atoms. The number of amides is 1. The average Bonchev–Trinajstić information content (AvgIpc) is 2.33. The highest BCUT2D eigenvalue weighted by Crippen LogP contribution is 2.52. The van der Waals surface area contributed by atoms with Crippen molar-refractivity contribution in [1.82, 2.24) is 5.32 Å². The second-order valence-corrected chi connectivity index (χ2v) is 7.21. The number of nitrogens with one attached hydrogen (secondary N) is 1. The molecule has 2 aliphatic rings. The Hall–Kier alpha value is -1.26. The number of hydrogen-bond donors (Lipinski definition) is 2. The van der Waals surface area contributed by atoms with Crippen molar-refractivity contribution in [2.45, 2.75) is 70.9 Å². The first-order chi connectivity index (χ1) is 9.22. The third-order valence-electron chi connectivity index (χ3n) is 4.69. The molecule has 2 rings (SSSR count). The van der Waals surface area contributed by atoms with E-state index in [2.05, 4.69) is 5.32 Å². The first-order valence-electron chi connectivity index (χ1n) is 7.44. The number of hydrogen-bond acceptors (Lipinski definition) is 3. The zero-order valence-corrected chi connectivity index (χ0v) is 12.6. The number of carboxylic acids is 1. The van der Waals surface area contributed by atoms with Gasteiger partial charge in [0.25, 0.3) is 0 Å². The maximum Gasteiger partial charge on any atom is 0.407 e. The normalized spacial score (nSPS) is 33.4. The van der Waals surface area contributed by atoms with Gasteiger partial charge in [-0.25, -0.2) is 4.79 Å². The van der Waals surface area contributed by atoms with E-state index in [1.807, 2.05) is 20.8 Å². The van der Waals surface area contributed by atoms with Gasteiger partial charge < -0.3 is 15.2 Å². The lowest BCUT2D eigenvalue weighted by Gasteiger charge is -2.53. The Morgan fingerprint density at radius 3 is 2.10 bits per heavy atom. The van der Waals surface area contributed by atoms with Gasteiger partial charge in [0, 0.05) is 6.04 Å². The molecule has 1 atom stereocenters. The Morgan fingerprint density at radius 2 is 1.70 bits per heavy atom. The van der Waals surface area contributed by atoms with Crippen molar-refractivity contribution in [2.24, 2.45) is 11.3 Å². The van der Waals surface area contributed by atoms with Gasteiger partial charge >= 0.3 is 12.1 Å². The lowest BCUT2D eigenvalue weighted by Crippen LogP contribution is -2.57. The van der Waals surface area contributed by atoms with Gasteiger partial charge in [-0.1, -0.05) is 0 Å². The fourth-order valence-corrected chi connectivity index (χ4v) is 3.41. The summed E-state index contributed by atoms with van der Waals surface area (Å²) < 4.78 is 5.29. The lowest BCUT2D eigenvalue weighted by atomic mass is 9.56. The van der Waals surface area contributed by atoms with Gasteiger partial charge in [-0.05, 0) is 64.7 Å². The summed E-state index contributed by atoms with van der Waals surface area (Å²) in [6.07, 6.45) is 4.93. The van der Waals surface area contributed by atoms with Crippen LogP contribution in [0.15, 0.2) is 0 Å². The van der Waals surface area contributed by atoms with E-state index in [9.17, 15) is 9.59 Å². The largest absolute Gasteiger partial charge is 0.481 e. The topological polar surface area (TPSA) is 75.6 Å². The maximum atomic E-state index is 11.8. The monoisotopic (exact) mass is 283 g/mol. The van der Waals surface area contributed by atoms with Crippen molar-refractivity contribution in [3.05, 3.63) is 0 Å². The molecule has 2 aliphatic carbocycles. The van der Waals surface area contributed by atoms with Crippen LogP contribution in [0.4, 0.5) is 4.79 Å². The Bertz CT molecular complexity index is 391. The van der Waals surface area contributed by atoms with Crippen LogP contribution in [0.1, 0.15) is 59.3 Å². The number of carbonyl (C=O) groups is 2. The van der Waals surface area contributed by atoms with Crippen LogP contribution in [-0.4, -0.2) is 28.8 Å². The highest BCUT2D eigenvalue weighted by molar-refractivity contribution is 5.70. The third kappa shape index (κ3) is 3.25. The SMILES string of the molecule is CC(C)(C)OC(=O)NC1CCC12CCC(C(=O)O)CC2. The van der Waals surface area contributed by atoms with E-state index in [1.165, 1.54) is 0 Å². The second-order valence-electron chi connectivity index (χ2n) is 7.21. The highest BCUT2D eigenvalue weighted by atomic mass is 16.6. The molecular formula is C15H25NO4. The van der Waals surface area contributed by atoms with E-state index < -0.39 is 11.6 Å². The number of ether oxygens (including phenoxy) is 1. The third-order valence-corrected chi connectivity index (χ3v) is 4.69. The summed E-state index contributed by atoms with van der Waals surface area (Å²) in [4.78, 5) is 22.8. The number of alkyl carbamates (subject to hydrolysis) is 1. The summed E-state index contributed by atoms with van der Waals surface area (Å²) in [6.45, 7) is 5.55. The van der Waals surface area contributed by atoms with Gasteiger partial charge in [-0.2, -0.15) is 0 Å². The summed E-state index contributed by atoms with van der Waals surface area (Å²) >= 11 is 0. The Morgan fingerprint density at radius 1 is 1.15 bits per heavy atom. The molecule has 2 N–H and O–H groups in total. The number of rotatable bonds is 2. The molecule has 0 heterocycles. The zero-order chi connectivity index (χ0) is 15.0. The first-order valence-corrected chi connectivity index (χ1v) is 7.44. The average molecular weight is 283 g/mol. The maximum absolute atomic E-state index is 11.8. The van der Waals surface area contributed by atoms with E-state index in [0.717, 1.165) is 38.5 Å². The van der Waals surface area contributed by atoms with Crippen LogP contribution >= 0.6 is 0 Å². The van der Waals surface area contributed by atoms with Crippen molar-refractivity contribution in [2.75, 3.05) is 0 Å². The van der Waals surface area contributed by atoms with Crippen LogP contribution in [0.5, 0.6) is 0 Å².